The minimum atomic E-state index is 0.330. The molecule has 0 fully saturated rings. The lowest BCUT2D eigenvalue weighted by atomic mass is 10.0. The van der Waals surface area contributed by atoms with Crippen LogP contribution in [0.5, 0.6) is 0 Å². The van der Waals surface area contributed by atoms with E-state index >= 15 is 0 Å². The summed E-state index contributed by atoms with van der Waals surface area (Å²) in [5.41, 5.74) is 0. The number of rotatable bonds is 10. The Labute approximate surface area is 88.3 Å². The first-order valence-electron chi connectivity index (χ1n) is 6.03. The molecule has 0 radical (unpaired) electrons. The van der Waals surface area contributed by atoms with Crippen molar-refractivity contribution in [2.24, 2.45) is 5.92 Å². The molecule has 0 aromatic rings. The van der Waals surface area contributed by atoms with Gasteiger partial charge < -0.3 is 10.2 Å². The zero-order valence-corrected chi connectivity index (χ0v) is 9.54. The highest BCUT2D eigenvalue weighted by Crippen LogP contribution is 2.11. The van der Waals surface area contributed by atoms with E-state index in [1.54, 1.807) is 0 Å². The van der Waals surface area contributed by atoms with Crippen LogP contribution in [0, 0.1) is 5.92 Å². The zero-order chi connectivity index (χ0) is 10.6. The van der Waals surface area contributed by atoms with Crippen molar-refractivity contribution < 1.29 is 10.2 Å². The van der Waals surface area contributed by atoms with Crippen molar-refractivity contribution in [3.63, 3.8) is 0 Å². The summed E-state index contributed by atoms with van der Waals surface area (Å²) in [6.45, 7) is 2.77. The van der Waals surface area contributed by atoms with Gasteiger partial charge in [0.25, 0.3) is 0 Å². The average Bonchev–Trinajstić information content (AvgIpc) is 2.21. The number of hydrogen-bond donors (Lipinski definition) is 2. The normalized spacial score (nSPS) is 13.1. The van der Waals surface area contributed by atoms with E-state index < -0.39 is 0 Å². The summed E-state index contributed by atoms with van der Waals surface area (Å²) < 4.78 is 0. The number of aliphatic hydroxyl groups excluding tert-OH is 2. The van der Waals surface area contributed by atoms with Gasteiger partial charge in [0.1, 0.15) is 0 Å². The maximum Gasteiger partial charge on any atom is 0.0456 e. The van der Waals surface area contributed by atoms with Crippen molar-refractivity contribution in [1.82, 2.24) is 0 Å². The molecule has 1 atom stereocenters. The van der Waals surface area contributed by atoms with Gasteiger partial charge in [-0.1, -0.05) is 45.4 Å². The first-order chi connectivity index (χ1) is 6.81. The Kier molecular flexibility index (Phi) is 10.9. The molecule has 2 nitrogen and oxygen atoms in total. The fraction of sp³-hybridized carbons (Fsp3) is 1.00. The molecule has 2 heteroatoms. The minimum Gasteiger partial charge on any atom is -0.396 e. The fourth-order valence-electron chi connectivity index (χ4n) is 1.58. The summed E-state index contributed by atoms with van der Waals surface area (Å²) in [5, 5.41) is 17.4. The molecule has 2 N–H and O–H groups in total. The summed E-state index contributed by atoms with van der Waals surface area (Å²) in [7, 11) is 0. The van der Waals surface area contributed by atoms with E-state index in [-0.39, 0.29) is 0 Å². The van der Waals surface area contributed by atoms with Crippen LogP contribution in [0.4, 0.5) is 0 Å². The molecule has 0 bridgehead atoms. The molecule has 86 valence electrons. The summed E-state index contributed by atoms with van der Waals surface area (Å²) in [6, 6.07) is 0. The van der Waals surface area contributed by atoms with Crippen LogP contribution in [0.2, 0.25) is 0 Å². The fourth-order valence-corrected chi connectivity index (χ4v) is 1.58. The van der Waals surface area contributed by atoms with Crippen LogP contribution < -0.4 is 0 Å². The molecule has 0 rings (SSSR count). The topological polar surface area (TPSA) is 40.5 Å². The van der Waals surface area contributed by atoms with E-state index in [1.165, 1.54) is 38.5 Å². The number of aliphatic hydroxyl groups is 2. The van der Waals surface area contributed by atoms with Gasteiger partial charge in [-0.15, -0.1) is 0 Å². The van der Waals surface area contributed by atoms with E-state index in [0.29, 0.717) is 19.1 Å². The van der Waals surface area contributed by atoms with Crippen molar-refractivity contribution in [2.75, 3.05) is 13.2 Å². The summed E-state index contributed by atoms with van der Waals surface area (Å²) in [5.74, 6) is 0.476. The van der Waals surface area contributed by atoms with Crippen molar-refractivity contribution in [3.05, 3.63) is 0 Å². The molecule has 0 aliphatic heterocycles. The number of unbranched alkanes of at least 4 members (excludes halogenated alkanes) is 6. The van der Waals surface area contributed by atoms with Crippen molar-refractivity contribution >= 4 is 0 Å². The Morgan fingerprint density at radius 2 is 1.29 bits per heavy atom. The van der Waals surface area contributed by atoms with Gasteiger partial charge in [-0.2, -0.15) is 0 Å². The second kappa shape index (κ2) is 11.0. The van der Waals surface area contributed by atoms with Gasteiger partial charge in [-0.25, -0.2) is 0 Å². The van der Waals surface area contributed by atoms with E-state index in [9.17, 15) is 0 Å². The second-order valence-corrected chi connectivity index (χ2v) is 4.27. The molecule has 0 aliphatic carbocycles. The van der Waals surface area contributed by atoms with Gasteiger partial charge in [-0.3, -0.25) is 0 Å². The SMILES string of the molecule is C[C@@H](CO)CCCCCCCCCO. The van der Waals surface area contributed by atoms with Crippen LogP contribution in [-0.4, -0.2) is 23.4 Å². The molecule has 0 heterocycles. The number of hydrogen-bond acceptors (Lipinski definition) is 2. The standard InChI is InChI=1S/C12H26O2/c1-12(11-14)9-7-5-3-2-4-6-8-10-13/h12-14H,2-11H2,1H3/t12-/m1/s1. The van der Waals surface area contributed by atoms with Crippen molar-refractivity contribution in [1.29, 1.82) is 0 Å². The lowest BCUT2D eigenvalue weighted by Crippen LogP contribution is -1.99. The van der Waals surface area contributed by atoms with E-state index in [1.807, 2.05) is 0 Å². The molecule has 0 spiro atoms. The molecule has 0 saturated heterocycles. The molecular formula is C12H26O2. The van der Waals surface area contributed by atoms with Gasteiger partial charge in [0.15, 0.2) is 0 Å². The maximum atomic E-state index is 8.81. The predicted octanol–water partition coefficient (Wildman–Crippen LogP) is 2.73. The van der Waals surface area contributed by atoms with Crippen LogP contribution in [0.1, 0.15) is 58.3 Å². The summed E-state index contributed by atoms with van der Waals surface area (Å²) in [6.07, 6.45) is 9.70. The second-order valence-electron chi connectivity index (χ2n) is 4.27. The third-order valence-corrected chi connectivity index (χ3v) is 2.67. The van der Waals surface area contributed by atoms with E-state index in [2.05, 4.69) is 6.92 Å². The molecule has 0 saturated carbocycles. The average molecular weight is 202 g/mol. The van der Waals surface area contributed by atoms with Crippen molar-refractivity contribution in [2.45, 2.75) is 58.3 Å². The Bertz CT molecular complexity index is 104. The molecule has 14 heavy (non-hydrogen) atoms. The lowest BCUT2D eigenvalue weighted by Gasteiger charge is -2.06. The largest absolute Gasteiger partial charge is 0.396 e. The van der Waals surface area contributed by atoms with E-state index in [0.717, 1.165) is 12.8 Å². The lowest BCUT2D eigenvalue weighted by molar-refractivity contribution is 0.227. The third kappa shape index (κ3) is 10.0. The Morgan fingerprint density at radius 3 is 1.79 bits per heavy atom. The predicted molar refractivity (Wildman–Crippen MR) is 60.3 cm³/mol. The summed E-state index contributed by atoms with van der Waals surface area (Å²) >= 11 is 0. The molecule has 0 aromatic carbocycles. The van der Waals surface area contributed by atoms with Crippen LogP contribution in [0.25, 0.3) is 0 Å². The Balaban J connectivity index is 2.92. The molecule has 0 unspecified atom stereocenters. The Morgan fingerprint density at radius 1 is 0.786 bits per heavy atom. The molecule has 0 amide bonds. The van der Waals surface area contributed by atoms with Crippen LogP contribution in [0.3, 0.4) is 0 Å². The van der Waals surface area contributed by atoms with Gasteiger partial charge in [0, 0.05) is 13.2 Å². The summed E-state index contributed by atoms with van der Waals surface area (Å²) in [4.78, 5) is 0. The van der Waals surface area contributed by atoms with Crippen molar-refractivity contribution in [3.8, 4) is 0 Å². The first-order valence-corrected chi connectivity index (χ1v) is 6.03. The monoisotopic (exact) mass is 202 g/mol. The van der Waals surface area contributed by atoms with Gasteiger partial charge in [-0.05, 0) is 18.8 Å². The quantitative estimate of drug-likeness (QED) is 0.535. The molecular weight excluding hydrogens is 176 g/mol. The molecule has 0 aromatic heterocycles. The van der Waals surface area contributed by atoms with E-state index in [4.69, 9.17) is 10.2 Å². The highest BCUT2D eigenvalue weighted by molar-refractivity contribution is 4.51. The van der Waals surface area contributed by atoms with Gasteiger partial charge in [0.05, 0.1) is 0 Å². The van der Waals surface area contributed by atoms with Crippen LogP contribution in [-0.2, 0) is 0 Å². The van der Waals surface area contributed by atoms with Crippen LogP contribution >= 0.6 is 0 Å². The Hall–Kier alpha value is -0.0800. The smallest absolute Gasteiger partial charge is 0.0456 e. The zero-order valence-electron chi connectivity index (χ0n) is 9.54. The van der Waals surface area contributed by atoms with Gasteiger partial charge in [0.2, 0.25) is 0 Å². The molecule has 0 aliphatic rings. The highest BCUT2D eigenvalue weighted by Gasteiger charge is 1.98. The first kappa shape index (κ1) is 13.9. The third-order valence-electron chi connectivity index (χ3n) is 2.67. The highest BCUT2D eigenvalue weighted by atomic mass is 16.3. The minimum absolute atomic E-state index is 0.330. The van der Waals surface area contributed by atoms with Gasteiger partial charge >= 0.3 is 0 Å². The van der Waals surface area contributed by atoms with Crippen LogP contribution in [0.15, 0.2) is 0 Å². The maximum absolute atomic E-state index is 8.81.